The zero-order valence-corrected chi connectivity index (χ0v) is 10.00. The van der Waals surface area contributed by atoms with Crippen molar-refractivity contribution in [2.45, 2.75) is 32.4 Å². The first kappa shape index (κ1) is 11.7. The van der Waals surface area contributed by atoms with Crippen molar-refractivity contribution in [1.29, 1.82) is 0 Å². The van der Waals surface area contributed by atoms with Crippen molar-refractivity contribution in [3.63, 3.8) is 0 Å². The zero-order valence-electron chi connectivity index (χ0n) is 10.00. The molecule has 92 valence electrons. The molecule has 0 aliphatic carbocycles. The average Bonchev–Trinajstić information content (AvgIpc) is 2.66. The Hall–Kier alpha value is -1.76. The fourth-order valence-corrected chi connectivity index (χ4v) is 1.78. The van der Waals surface area contributed by atoms with Crippen LogP contribution in [0.1, 0.15) is 19.8 Å². The fourth-order valence-electron chi connectivity index (χ4n) is 1.78. The Morgan fingerprint density at radius 1 is 1.53 bits per heavy atom. The van der Waals surface area contributed by atoms with Crippen LogP contribution >= 0.6 is 0 Å². The standard InChI is InChI=1S/C10H16N6O/c1-3-4-7(11)6-16-10(17)8-5-12-15(2)9(8)13-14-16/h5,7H,3-4,6,11H2,1-2H3. The molecule has 0 bridgehead atoms. The number of fused-ring (bicyclic) bond motifs is 1. The highest BCUT2D eigenvalue weighted by Gasteiger charge is 2.11. The van der Waals surface area contributed by atoms with Crippen molar-refractivity contribution < 1.29 is 0 Å². The van der Waals surface area contributed by atoms with Gasteiger partial charge < -0.3 is 5.73 Å². The zero-order chi connectivity index (χ0) is 12.4. The molecular formula is C10H16N6O. The highest BCUT2D eigenvalue weighted by molar-refractivity contribution is 5.72. The minimum absolute atomic E-state index is 0.0684. The maximum Gasteiger partial charge on any atom is 0.280 e. The van der Waals surface area contributed by atoms with Gasteiger partial charge >= 0.3 is 0 Å². The van der Waals surface area contributed by atoms with Crippen molar-refractivity contribution in [3.05, 3.63) is 16.6 Å². The first-order chi connectivity index (χ1) is 8.13. The lowest BCUT2D eigenvalue weighted by molar-refractivity contribution is 0.452. The Morgan fingerprint density at radius 3 is 3.00 bits per heavy atom. The van der Waals surface area contributed by atoms with Gasteiger partial charge in [-0.05, 0) is 6.42 Å². The smallest absolute Gasteiger partial charge is 0.280 e. The predicted octanol–water partition coefficient (Wildman–Crippen LogP) is -0.348. The summed E-state index contributed by atoms with van der Waals surface area (Å²) in [4.78, 5) is 12.0. The Bertz CT molecular complexity index is 572. The van der Waals surface area contributed by atoms with Crippen LogP contribution in [0.4, 0.5) is 0 Å². The van der Waals surface area contributed by atoms with E-state index >= 15 is 0 Å². The van der Waals surface area contributed by atoms with Crippen LogP contribution in [0.5, 0.6) is 0 Å². The molecule has 2 rings (SSSR count). The van der Waals surface area contributed by atoms with E-state index in [1.807, 2.05) is 0 Å². The summed E-state index contributed by atoms with van der Waals surface area (Å²) in [6.45, 7) is 2.45. The molecule has 17 heavy (non-hydrogen) atoms. The summed E-state index contributed by atoms with van der Waals surface area (Å²) in [6, 6.07) is -0.0684. The predicted molar refractivity (Wildman–Crippen MR) is 63.4 cm³/mol. The Balaban J connectivity index is 2.36. The van der Waals surface area contributed by atoms with Gasteiger partial charge in [-0.25, -0.2) is 9.36 Å². The van der Waals surface area contributed by atoms with Gasteiger partial charge in [0.1, 0.15) is 5.39 Å². The molecule has 0 aliphatic heterocycles. The summed E-state index contributed by atoms with van der Waals surface area (Å²) in [6.07, 6.45) is 3.35. The van der Waals surface area contributed by atoms with Crippen LogP contribution in [0.3, 0.4) is 0 Å². The largest absolute Gasteiger partial charge is 0.326 e. The molecular weight excluding hydrogens is 220 g/mol. The number of hydrogen-bond donors (Lipinski definition) is 1. The highest BCUT2D eigenvalue weighted by atomic mass is 16.1. The summed E-state index contributed by atoms with van der Waals surface area (Å²) in [5, 5.41) is 12.3. The molecule has 0 saturated heterocycles. The van der Waals surface area contributed by atoms with Crippen LogP contribution in [-0.2, 0) is 13.6 Å². The maximum absolute atomic E-state index is 12.0. The van der Waals surface area contributed by atoms with Crippen LogP contribution in [0.15, 0.2) is 11.0 Å². The molecule has 0 fully saturated rings. The summed E-state index contributed by atoms with van der Waals surface area (Å²) in [5.74, 6) is 0. The van der Waals surface area contributed by atoms with Crippen LogP contribution < -0.4 is 11.3 Å². The monoisotopic (exact) mass is 236 g/mol. The molecule has 2 aromatic heterocycles. The lowest BCUT2D eigenvalue weighted by Gasteiger charge is -2.10. The van der Waals surface area contributed by atoms with E-state index < -0.39 is 0 Å². The van der Waals surface area contributed by atoms with Crippen LogP contribution in [0, 0.1) is 0 Å². The molecule has 2 heterocycles. The quantitative estimate of drug-likeness (QED) is 0.783. The molecule has 2 N–H and O–H groups in total. The molecule has 2 aromatic rings. The number of nitrogens with two attached hydrogens (primary N) is 1. The van der Waals surface area contributed by atoms with Crippen LogP contribution in [-0.4, -0.2) is 30.8 Å². The van der Waals surface area contributed by atoms with Gasteiger partial charge in [0, 0.05) is 13.1 Å². The SMILES string of the molecule is CCCC(N)Cn1nnc2c(cnn2C)c1=O. The third kappa shape index (κ3) is 2.19. The van der Waals surface area contributed by atoms with Gasteiger partial charge in [0.15, 0.2) is 5.65 Å². The fraction of sp³-hybridized carbons (Fsp3) is 0.600. The topological polar surface area (TPSA) is 91.6 Å². The summed E-state index contributed by atoms with van der Waals surface area (Å²) in [7, 11) is 1.73. The number of aromatic nitrogens is 5. The van der Waals surface area contributed by atoms with E-state index in [0.717, 1.165) is 12.8 Å². The summed E-state index contributed by atoms with van der Waals surface area (Å²) < 4.78 is 2.84. The lowest BCUT2D eigenvalue weighted by atomic mass is 10.2. The second-order valence-corrected chi connectivity index (χ2v) is 4.13. The van der Waals surface area contributed by atoms with E-state index in [9.17, 15) is 4.79 Å². The molecule has 0 aromatic carbocycles. The van der Waals surface area contributed by atoms with Crippen molar-refractivity contribution in [2.75, 3.05) is 0 Å². The van der Waals surface area contributed by atoms with Crippen LogP contribution in [0.25, 0.3) is 11.0 Å². The molecule has 7 nitrogen and oxygen atoms in total. The van der Waals surface area contributed by atoms with E-state index in [0.29, 0.717) is 17.6 Å². The van der Waals surface area contributed by atoms with Crippen molar-refractivity contribution >= 4 is 11.0 Å². The van der Waals surface area contributed by atoms with E-state index in [2.05, 4.69) is 22.3 Å². The van der Waals surface area contributed by atoms with E-state index in [1.165, 1.54) is 15.6 Å². The van der Waals surface area contributed by atoms with Gasteiger partial charge in [0.05, 0.1) is 12.7 Å². The number of rotatable bonds is 4. The van der Waals surface area contributed by atoms with Gasteiger partial charge in [-0.15, -0.1) is 5.10 Å². The summed E-state index contributed by atoms with van der Waals surface area (Å²) in [5.41, 5.74) is 6.20. The van der Waals surface area contributed by atoms with Crippen LogP contribution in [0.2, 0.25) is 0 Å². The van der Waals surface area contributed by atoms with Crippen molar-refractivity contribution in [2.24, 2.45) is 12.8 Å². The molecule has 1 unspecified atom stereocenters. The Labute approximate surface area is 98.2 Å². The molecule has 0 radical (unpaired) electrons. The third-order valence-electron chi connectivity index (χ3n) is 2.69. The van der Waals surface area contributed by atoms with E-state index in [4.69, 9.17) is 5.73 Å². The normalized spacial score (nSPS) is 13.1. The maximum atomic E-state index is 12.0. The second kappa shape index (κ2) is 4.62. The minimum Gasteiger partial charge on any atom is -0.326 e. The number of aryl methyl sites for hydroxylation is 1. The molecule has 0 aliphatic rings. The van der Waals surface area contributed by atoms with Crippen molar-refractivity contribution in [1.82, 2.24) is 24.8 Å². The molecule has 1 atom stereocenters. The average molecular weight is 236 g/mol. The first-order valence-corrected chi connectivity index (χ1v) is 5.64. The molecule has 7 heteroatoms. The van der Waals surface area contributed by atoms with Gasteiger partial charge in [0.2, 0.25) is 0 Å². The van der Waals surface area contributed by atoms with Gasteiger partial charge in [-0.3, -0.25) is 4.79 Å². The molecule has 0 amide bonds. The number of nitrogens with zero attached hydrogens (tertiary/aromatic N) is 5. The van der Waals surface area contributed by atoms with Gasteiger partial charge in [-0.2, -0.15) is 5.10 Å². The second-order valence-electron chi connectivity index (χ2n) is 4.13. The van der Waals surface area contributed by atoms with Crippen molar-refractivity contribution in [3.8, 4) is 0 Å². The third-order valence-corrected chi connectivity index (χ3v) is 2.69. The van der Waals surface area contributed by atoms with E-state index in [1.54, 1.807) is 7.05 Å². The number of hydrogen-bond acceptors (Lipinski definition) is 5. The first-order valence-electron chi connectivity index (χ1n) is 5.64. The molecule has 0 spiro atoms. The highest BCUT2D eigenvalue weighted by Crippen LogP contribution is 2.02. The summed E-state index contributed by atoms with van der Waals surface area (Å²) >= 11 is 0. The Kier molecular flexibility index (Phi) is 3.19. The van der Waals surface area contributed by atoms with E-state index in [-0.39, 0.29) is 11.6 Å². The molecule has 0 saturated carbocycles. The lowest BCUT2D eigenvalue weighted by Crippen LogP contribution is -2.34. The Morgan fingerprint density at radius 2 is 2.29 bits per heavy atom. The van der Waals surface area contributed by atoms with Gasteiger partial charge in [-0.1, -0.05) is 18.6 Å². The van der Waals surface area contributed by atoms with Gasteiger partial charge in [0.25, 0.3) is 5.56 Å². The minimum atomic E-state index is -0.186.